The minimum absolute atomic E-state index is 0.179. The lowest BCUT2D eigenvalue weighted by Crippen LogP contribution is -2.52. The largest absolute Gasteiger partial charge is 0.489 e. The Bertz CT molecular complexity index is 419. The fourth-order valence-corrected chi connectivity index (χ4v) is 1.89. The first kappa shape index (κ1) is 15.4. The van der Waals surface area contributed by atoms with Gasteiger partial charge < -0.3 is 9.84 Å². The van der Waals surface area contributed by atoms with Crippen LogP contribution in [0.15, 0.2) is 24.3 Å². The number of para-hydroxylation sites is 1. The second kappa shape index (κ2) is 7.09. The molecule has 0 fully saturated rings. The maximum absolute atomic E-state index is 13.3. The monoisotopic (exact) mass is 269 g/mol. The lowest BCUT2D eigenvalue weighted by molar-refractivity contribution is -0.145. The number of carbonyl (C=O) groups is 1. The van der Waals surface area contributed by atoms with Gasteiger partial charge >= 0.3 is 5.97 Å². The third kappa shape index (κ3) is 3.92. The average Bonchev–Trinajstić information content (AvgIpc) is 2.41. The van der Waals surface area contributed by atoms with Crippen LogP contribution in [0.5, 0.6) is 5.75 Å². The van der Waals surface area contributed by atoms with Gasteiger partial charge in [-0.05, 0) is 25.0 Å². The Morgan fingerprint density at radius 1 is 1.37 bits per heavy atom. The summed E-state index contributed by atoms with van der Waals surface area (Å²) in [4.78, 5) is 11.2. The summed E-state index contributed by atoms with van der Waals surface area (Å²) in [6.45, 7) is 4.21. The summed E-state index contributed by atoms with van der Waals surface area (Å²) in [6.07, 6.45) is 0.969. The number of benzene rings is 1. The highest BCUT2D eigenvalue weighted by molar-refractivity contribution is 5.78. The maximum atomic E-state index is 13.3. The average molecular weight is 269 g/mol. The third-order valence-corrected chi connectivity index (χ3v) is 3.28. The van der Waals surface area contributed by atoms with Gasteiger partial charge in [-0.25, -0.2) is 4.39 Å². The van der Waals surface area contributed by atoms with Gasteiger partial charge in [0.25, 0.3) is 0 Å². The number of hydrogen-bond donors (Lipinski definition) is 2. The van der Waals surface area contributed by atoms with Crippen LogP contribution in [-0.4, -0.2) is 29.8 Å². The molecule has 0 aliphatic rings. The number of nitrogens with one attached hydrogen (secondary N) is 1. The van der Waals surface area contributed by atoms with E-state index in [2.05, 4.69) is 5.32 Å². The Labute approximate surface area is 112 Å². The molecule has 0 aliphatic carbocycles. The molecule has 5 heteroatoms. The Kier molecular flexibility index (Phi) is 5.76. The smallest absolute Gasteiger partial charge is 0.323 e. The first-order valence-electron chi connectivity index (χ1n) is 6.41. The van der Waals surface area contributed by atoms with E-state index in [1.165, 1.54) is 6.07 Å². The minimum Gasteiger partial charge on any atom is -0.489 e. The molecule has 2 N–H and O–H groups in total. The first-order chi connectivity index (χ1) is 9.05. The highest BCUT2D eigenvalue weighted by Crippen LogP contribution is 2.16. The van der Waals surface area contributed by atoms with Crippen LogP contribution in [-0.2, 0) is 4.79 Å². The SMILES string of the molecule is CCC(CC)(NCCOc1ccccc1F)C(=O)O. The van der Waals surface area contributed by atoms with Crippen LogP contribution >= 0.6 is 0 Å². The molecule has 1 aromatic carbocycles. The number of hydrogen-bond acceptors (Lipinski definition) is 3. The highest BCUT2D eigenvalue weighted by Gasteiger charge is 2.33. The van der Waals surface area contributed by atoms with E-state index in [9.17, 15) is 14.3 Å². The van der Waals surface area contributed by atoms with Crippen LogP contribution in [0.1, 0.15) is 26.7 Å². The Balaban J connectivity index is 2.46. The second-order valence-corrected chi connectivity index (χ2v) is 4.30. The molecule has 0 saturated heterocycles. The molecule has 0 radical (unpaired) electrons. The van der Waals surface area contributed by atoms with Gasteiger partial charge in [0.15, 0.2) is 11.6 Å². The molecule has 1 aromatic rings. The first-order valence-corrected chi connectivity index (χ1v) is 6.41. The van der Waals surface area contributed by atoms with E-state index in [1.807, 2.05) is 13.8 Å². The molecule has 4 nitrogen and oxygen atoms in total. The predicted molar refractivity (Wildman–Crippen MR) is 70.8 cm³/mol. The van der Waals surface area contributed by atoms with Crippen molar-refractivity contribution in [3.8, 4) is 5.75 Å². The van der Waals surface area contributed by atoms with Crippen molar-refractivity contribution in [2.45, 2.75) is 32.2 Å². The molecule has 0 amide bonds. The Morgan fingerprint density at radius 3 is 2.53 bits per heavy atom. The summed E-state index contributed by atoms with van der Waals surface area (Å²) in [5, 5.41) is 12.2. The molecule has 0 aliphatic heterocycles. The number of rotatable bonds is 8. The molecule has 0 bridgehead atoms. The van der Waals surface area contributed by atoms with Gasteiger partial charge in [-0.1, -0.05) is 26.0 Å². The summed E-state index contributed by atoms with van der Waals surface area (Å²) in [5.41, 5.74) is -0.932. The van der Waals surface area contributed by atoms with Crippen molar-refractivity contribution in [2.75, 3.05) is 13.2 Å². The lowest BCUT2D eigenvalue weighted by atomic mass is 9.93. The quantitative estimate of drug-likeness (QED) is 0.712. The molecule has 0 atom stereocenters. The molecule has 0 aromatic heterocycles. The third-order valence-electron chi connectivity index (χ3n) is 3.28. The van der Waals surface area contributed by atoms with E-state index < -0.39 is 17.3 Å². The fourth-order valence-electron chi connectivity index (χ4n) is 1.89. The van der Waals surface area contributed by atoms with Gasteiger partial charge in [0.2, 0.25) is 0 Å². The van der Waals surface area contributed by atoms with Gasteiger partial charge in [0.05, 0.1) is 0 Å². The second-order valence-electron chi connectivity index (χ2n) is 4.30. The van der Waals surface area contributed by atoms with E-state index >= 15 is 0 Å². The van der Waals surface area contributed by atoms with E-state index in [1.54, 1.807) is 18.2 Å². The molecule has 0 spiro atoms. The van der Waals surface area contributed by atoms with Crippen molar-refractivity contribution in [3.05, 3.63) is 30.1 Å². The molecule has 1 rings (SSSR count). The van der Waals surface area contributed by atoms with Gasteiger partial charge in [-0.3, -0.25) is 10.1 Å². The number of ether oxygens (including phenoxy) is 1. The lowest BCUT2D eigenvalue weighted by Gasteiger charge is -2.28. The van der Waals surface area contributed by atoms with Crippen molar-refractivity contribution >= 4 is 5.97 Å². The summed E-state index contributed by atoms with van der Waals surface area (Å²) < 4.78 is 18.5. The van der Waals surface area contributed by atoms with E-state index in [-0.39, 0.29) is 12.4 Å². The summed E-state index contributed by atoms with van der Waals surface area (Å²) >= 11 is 0. The number of halogens is 1. The van der Waals surface area contributed by atoms with Gasteiger partial charge in [-0.15, -0.1) is 0 Å². The van der Waals surface area contributed by atoms with Crippen molar-refractivity contribution in [2.24, 2.45) is 0 Å². The zero-order chi connectivity index (χ0) is 14.3. The topological polar surface area (TPSA) is 58.6 Å². The molecule has 106 valence electrons. The summed E-state index contributed by atoms with van der Waals surface area (Å²) in [6, 6.07) is 6.14. The van der Waals surface area contributed by atoms with E-state index in [4.69, 9.17) is 4.74 Å². The summed E-state index contributed by atoms with van der Waals surface area (Å²) in [5.74, 6) is -1.11. The fraction of sp³-hybridized carbons (Fsp3) is 0.500. The van der Waals surface area contributed by atoms with Crippen molar-refractivity contribution in [1.82, 2.24) is 5.32 Å². The molecular weight excluding hydrogens is 249 g/mol. The zero-order valence-corrected chi connectivity index (χ0v) is 11.3. The van der Waals surface area contributed by atoms with Crippen molar-refractivity contribution in [3.63, 3.8) is 0 Å². The van der Waals surface area contributed by atoms with Crippen LogP contribution < -0.4 is 10.1 Å². The number of carboxylic acid groups (broad SMARTS) is 1. The van der Waals surface area contributed by atoms with Crippen LogP contribution in [0.2, 0.25) is 0 Å². The highest BCUT2D eigenvalue weighted by atomic mass is 19.1. The van der Waals surface area contributed by atoms with Crippen LogP contribution in [0.25, 0.3) is 0 Å². The molecule has 0 saturated carbocycles. The van der Waals surface area contributed by atoms with Crippen LogP contribution in [0, 0.1) is 5.82 Å². The van der Waals surface area contributed by atoms with E-state index in [0.717, 1.165) is 0 Å². The minimum atomic E-state index is -0.932. The molecule has 19 heavy (non-hydrogen) atoms. The number of aliphatic carboxylic acids is 1. The molecule has 0 unspecified atom stereocenters. The standard InChI is InChI=1S/C14H20FNO3/c1-3-14(4-2,13(17)18)16-9-10-19-12-8-6-5-7-11(12)15/h5-8,16H,3-4,9-10H2,1-2H3,(H,17,18). The van der Waals surface area contributed by atoms with Crippen molar-refractivity contribution in [1.29, 1.82) is 0 Å². The Morgan fingerprint density at radius 2 is 2.00 bits per heavy atom. The Hall–Kier alpha value is -1.62. The van der Waals surface area contributed by atoms with Crippen LogP contribution in [0.3, 0.4) is 0 Å². The normalized spacial score (nSPS) is 11.3. The molecule has 0 heterocycles. The number of carboxylic acids is 1. The van der Waals surface area contributed by atoms with Gasteiger partial charge in [-0.2, -0.15) is 0 Å². The molecular formula is C14H20FNO3. The van der Waals surface area contributed by atoms with Gasteiger partial charge in [0, 0.05) is 6.54 Å². The zero-order valence-electron chi connectivity index (χ0n) is 11.3. The predicted octanol–water partition coefficient (Wildman–Crippen LogP) is 2.44. The van der Waals surface area contributed by atoms with Crippen LogP contribution in [0.4, 0.5) is 4.39 Å². The van der Waals surface area contributed by atoms with Crippen molar-refractivity contribution < 1.29 is 19.0 Å². The summed E-state index contributed by atoms with van der Waals surface area (Å²) in [7, 11) is 0. The van der Waals surface area contributed by atoms with E-state index in [0.29, 0.717) is 19.4 Å². The van der Waals surface area contributed by atoms with Gasteiger partial charge in [0.1, 0.15) is 12.1 Å². The maximum Gasteiger partial charge on any atom is 0.323 e.